The van der Waals surface area contributed by atoms with E-state index < -0.39 is 5.97 Å². The first-order chi connectivity index (χ1) is 17.3. The van der Waals surface area contributed by atoms with Crippen molar-refractivity contribution in [2.75, 3.05) is 37.9 Å². The van der Waals surface area contributed by atoms with Gasteiger partial charge in [-0.15, -0.1) is 0 Å². The smallest absolute Gasteiger partial charge is 0.303 e. The van der Waals surface area contributed by atoms with E-state index in [9.17, 15) is 9.59 Å². The molecular formula is C28H28ClN3O4. The molecule has 1 heterocycles. The van der Waals surface area contributed by atoms with Gasteiger partial charge in [-0.1, -0.05) is 41.9 Å². The SMILES string of the molecule is CN(C)CCOc1ccc(NC(=C2C(=O)Nc3cc(Cl)ccc32)c2ccc(CCC(=O)O)cc2)cc1. The molecule has 1 amide bonds. The van der Waals surface area contributed by atoms with Gasteiger partial charge in [-0.3, -0.25) is 9.59 Å². The highest BCUT2D eigenvalue weighted by Gasteiger charge is 2.28. The lowest BCUT2D eigenvalue weighted by atomic mass is 9.98. The van der Waals surface area contributed by atoms with Gasteiger partial charge < -0.3 is 25.4 Å². The number of hydrogen-bond acceptors (Lipinski definition) is 5. The van der Waals surface area contributed by atoms with Gasteiger partial charge in [0.15, 0.2) is 0 Å². The van der Waals surface area contributed by atoms with Gasteiger partial charge in [0.1, 0.15) is 12.4 Å². The molecule has 3 aromatic carbocycles. The van der Waals surface area contributed by atoms with Crippen LogP contribution in [0.4, 0.5) is 11.4 Å². The molecule has 0 atom stereocenters. The van der Waals surface area contributed by atoms with Crippen LogP contribution in [-0.2, 0) is 16.0 Å². The van der Waals surface area contributed by atoms with Gasteiger partial charge in [0.25, 0.3) is 5.91 Å². The third-order valence-electron chi connectivity index (χ3n) is 5.78. The normalized spacial score (nSPS) is 13.8. The fraction of sp³-hybridized carbons (Fsp3) is 0.214. The molecule has 0 unspecified atom stereocenters. The van der Waals surface area contributed by atoms with Gasteiger partial charge in [-0.25, -0.2) is 0 Å². The van der Waals surface area contributed by atoms with Crippen LogP contribution in [0.25, 0.3) is 11.3 Å². The van der Waals surface area contributed by atoms with E-state index in [-0.39, 0.29) is 12.3 Å². The summed E-state index contributed by atoms with van der Waals surface area (Å²) in [6.45, 7) is 1.40. The summed E-state index contributed by atoms with van der Waals surface area (Å²) in [4.78, 5) is 26.1. The van der Waals surface area contributed by atoms with Crippen LogP contribution in [0.5, 0.6) is 5.75 Å². The van der Waals surface area contributed by atoms with Crippen LogP contribution in [0.3, 0.4) is 0 Å². The minimum absolute atomic E-state index is 0.0606. The van der Waals surface area contributed by atoms with Crippen LogP contribution in [0.15, 0.2) is 66.7 Å². The molecule has 8 heteroatoms. The first-order valence-corrected chi connectivity index (χ1v) is 12.0. The molecule has 3 aromatic rings. The number of halogens is 1. The van der Waals surface area contributed by atoms with Gasteiger partial charge in [0.05, 0.1) is 17.0 Å². The molecule has 1 aliphatic rings. The zero-order valence-corrected chi connectivity index (χ0v) is 20.9. The van der Waals surface area contributed by atoms with Crippen LogP contribution in [0, 0.1) is 0 Å². The summed E-state index contributed by atoms with van der Waals surface area (Å²) >= 11 is 6.14. The lowest BCUT2D eigenvalue weighted by molar-refractivity contribution is -0.137. The van der Waals surface area contributed by atoms with E-state index in [1.165, 1.54) is 0 Å². The number of ether oxygens (including phenoxy) is 1. The van der Waals surface area contributed by atoms with Crippen LogP contribution in [-0.4, -0.2) is 49.1 Å². The van der Waals surface area contributed by atoms with Crippen LogP contribution in [0.1, 0.15) is 23.1 Å². The Morgan fingerprint density at radius 1 is 1.06 bits per heavy atom. The maximum absolute atomic E-state index is 13.1. The lowest BCUT2D eigenvalue weighted by Gasteiger charge is -2.16. The summed E-state index contributed by atoms with van der Waals surface area (Å²) in [7, 11) is 3.99. The predicted octanol–water partition coefficient (Wildman–Crippen LogP) is 5.23. The monoisotopic (exact) mass is 505 g/mol. The average molecular weight is 506 g/mol. The zero-order valence-electron chi connectivity index (χ0n) is 20.2. The summed E-state index contributed by atoms with van der Waals surface area (Å²) in [6.07, 6.45) is 0.497. The molecule has 4 rings (SSSR count). The molecule has 0 bridgehead atoms. The minimum atomic E-state index is -0.837. The predicted molar refractivity (Wildman–Crippen MR) is 143 cm³/mol. The van der Waals surface area contributed by atoms with Gasteiger partial charge >= 0.3 is 5.97 Å². The Balaban J connectivity index is 1.67. The summed E-state index contributed by atoms with van der Waals surface area (Å²) in [5.74, 6) is -0.304. The number of aryl methyl sites for hydroxylation is 1. The van der Waals surface area contributed by atoms with Crippen LogP contribution >= 0.6 is 11.6 Å². The molecule has 0 aliphatic carbocycles. The van der Waals surface area contributed by atoms with E-state index in [1.54, 1.807) is 12.1 Å². The maximum atomic E-state index is 13.1. The molecular weight excluding hydrogens is 478 g/mol. The summed E-state index contributed by atoms with van der Waals surface area (Å²) in [5, 5.41) is 15.8. The largest absolute Gasteiger partial charge is 0.492 e. The second kappa shape index (κ2) is 11.3. The second-order valence-corrected chi connectivity index (χ2v) is 9.22. The molecule has 0 aromatic heterocycles. The Kier molecular flexibility index (Phi) is 7.93. The Morgan fingerprint density at radius 3 is 2.44 bits per heavy atom. The van der Waals surface area contributed by atoms with Crippen molar-refractivity contribution in [2.24, 2.45) is 0 Å². The molecule has 36 heavy (non-hydrogen) atoms. The van der Waals surface area contributed by atoms with Gasteiger partial charge in [-0.05, 0) is 68.0 Å². The van der Waals surface area contributed by atoms with Crippen molar-refractivity contribution in [1.29, 1.82) is 0 Å². The topological polar surface area (TPSA) is 90.9 Å². The van der Waals surface area contributed by atoms with Crippen molar-refractivity contribution in [1.82, 2.24) is 4.90 Å². The number of likely N-dealkylation sites (N-methyl/N-ethyl adjacent to an activating group) is 1. The number of amides is 1. The van der Waals surface area contributed by atoms with Crippen LogP contribution in [0.2, 0.25) is 5.02 Å². The van der Waals surface area contributed by atoms with E-state index in [4.69, 9.17) is 21.4 Å². The second-order valence-electron chi connectivity index (χ2n) is 8.79. The van der Waals surface area contributed by atoms with Gasteiger partial charge in [0, 0.05) is 29.2 Å². The fourth-order valence-corrected chi connectivity index (χ4v) is 4.06. The van der Waals surface area contributed by atoms with Crippen molar-refractivity contribution in [3.63, 3.8) is 0 Å². The van der Waals surface area contributed by atoms with E-state index >= 15 is 0 Å². The molecule has 0 fully saturated rings. The lowest BCUT2D eigenvalue weighted by Crippen LogP contribution is -2.19. The van der Waals surface area contributed by atoms with Crippen molar-refractivity contribution < 1.29 is 19.4 Å². The minimum Gasteiger partial charge on any atom is -0.492 e. The van der Waals surface area contributed by atoms with Gasteiger partial charge in [-0.2, -0.15) is 0 Å². The first-order valence-electron chi connectivity index (χ1n) is 11.6. The van der Waals surface area contributed by atoms with Crippen molar-refractivity contribution in [3.05, 3.63) is 88.4 Å². The summed E-state index contributed by atoms with van der Waals surface area (Å²) in [6, 6.07) is 20.5. The number of carbonyl (C=O) groups is 2. The number of aliphatic carboxylic acids is 1. The van der Waals surface area contributed by atoms with E-state index in [0.717, 1.165) is 34.7 Å². The molecule has 0 radical (unpaired) electrons. The maximum Gasteiger partial charge on any atom is 0.303 e. The number of carbonyl (C=O) groups excluding carboxylic acids is 1. The summed E-state index contributed by atoms with van der Waals surface area (Å²) in [5.41, 5.74) is 5.06. The Morgan fingerprint density at radius 2 is 1.78 bits per heavy atom. The van der Waals surface area contributed by atoms with Crippen molar-refractivity contribution in [3.8, 4) is 5.75 Å². The quantitative estimate of drug-likeness (QED) is 0.327. The number of anilines is 2. The highest BCUT2D eigenvalue weighted by Crippen LogP contribution is 2.39. The van der Waals surface area contributed by atoms with E-state index in [1.807, 2.05) is 68.7 Å². The van der Waals surface area contributed by atoms with Crippen molar-refractivity contribution in [2.45, 2.75) is 12.8 Å². The average Bonchev–Trinajstić information content (AvgIpc) is 3.16. The number of carboxylic acid groups (broad SMARTS) is 1. The van der Waals surface area contributed by atoms with Gasteiger partial charge in [0.2, 0.25) is 0 Å². The first kappa shape index (κ1) is 25.3. The number of benzene rings is 3. The molecule has 7 nitrogen and oxygen atoms in total. The molecule has 186 valence electrons. The number of nitrogens with zero attached hydrogens (tertiary/aromatic N) is 1. The molecule has 1 aliphatic heterocycles. The molecule has 0 saturated carbocycles. The highest BCUT2D eigenvalue weighted by molar-refractivity contribution is 6.38. The summed E-state index contributed by atoms with van der Waals surface area (Å²) < 4.78 is 5.79. The third kappa shape index (κ3) is 6.24. The highest BCUT2D eigenvalue weighted by atomic mass is 35.5. The number of rotatable bonds is 10. The molecule has 0 spiro atoms. The Hall–Kier alpha value is -3.81. The third-order valence-corrected chi connectivity index (χ3v) is 6.01. The van der Waals surface area contributed by atoms with E-state index in [0.29, 0.717) is 35.0 Å². The number of carboxylic acids is 1. The van der Waals surface area contributed by atoms with E-state index in [2.05, 4.69) is 15.5 Å². The standard InChI is InChI=1S/C28H28ClN3O4/c1-32(2)15-16-36-22-11-9-21(10-12-22)30-27(19-6-3-18(4-7-19)5-14-25(33)34)26-23-13-8-20(29)17-24(23)31-28(26)35/h3-4,6-13,17,30H,5,14-16H2,1-2H3,(H,31,35)(H,33,34). The molecule has 0 saturated heterocycles. The molecule has 3 N–H and O–H groups in total. The Labute approximate surface area is 215 Å². The number of fused-ring (bicyclic) bond motifs is 1. The van der Waals surface area contributed by atoms with Crippen molar-refractivity contribution >= 4 is 46.1 Å². The number of nitrogens with one attached hydrogen (secondary N) is 2. The number of hydrogen-bond donors (Lipinski definition) is 3. The zero-order chi connectivity index (χ0) is 25.7. The Bertz CT molecular complexity index is 1290. The fourth-order valence-electron chi connectivity index (χ4n) is 3.89. The van der Waals surface area contributed by atoms with Crippen LogP contribution < -0.4 is 15.4 Å².